The summed E-state index contributed by atoms with van der Waals surface area (Å²) in [6.07, 6.45) is 1.37. The Bertz CT molecular complexity index is 540. The fourth-order valence-electron chi connectivity index (χ4n) is 2.69. The van der Waals surface area contributed by atoms with E-state index in [2.05, 4.69) is 5.32 Å². The second-order valence-corrected chi connectivity index (χ2v) is 7.30. The van der Waals surface area contributed by atoms with Gasteiger partial charge in [0.1, 0.15) is 0 Å². The fraction of sp³-hybridized carbons (Fsp3) is 0.789. The monoisotopic (exact) mass is 433 g/mol. The molecule has 0 aromatic carbocycles. The van der Waals surface area contributed by atoms with E-state index in [1.165, 1.54) is 4.90 Å². The van der Waals surface area contributed by atoms with E-state index in [-0.39, 0.29) is 31.5 Å². The molecule has 4 N–H and O–H groups in total. The predicted octanol–water partition coefficient (Wildman–Crippen LogP) is -0.198. The highest BCUT2D eigenvalue weighted by Crippen LogP contribution is 2.06. The van der Waals surface area contributed by atoms with Gasteiger partial charge in [-0.25, -0.2) is 0 Å². The molecule has 174 valence electrons. The quantitative estimate of drug-likeness (QED) is 0.213. The van der Waals surface area contributed by atoms with E-state index in [1.54, 1.807) is 11.8 Å². The molecule has 11 heteroatoms. The van der Waals surface area contributed by atoms with Crippen LogP contribution in [-0.2, 0) is 23.9 Å². The molecule has 0 fully saturated rings. The molecule has 0 aliphatic heterocycles. The molecule has 1 amide bonds. The Morgan fingerprint density at radius 1 is 0.933 bits per heavy atom. The second-order valence-electron chi connectivity index (χ2n) is 7.30. The van der Waals surface area contributed by atoms with E-state index in [0.717, 1.165) is 0 Å². The average molecular weight is 434 g/mol. The molecule has 0 aromatic heterocycles. The molecular weight excluding hydrogens is 398 g/mol. The Kier molecular flexibility index (Phi) is 14.4. The molecule has 1 atom stereocenters. The standard InChI is InChI=1S/C19H35N3O8/c1-4-21(10-16(23)24)9-15(22(11-17(25)26)12-18(27)28)13-30-8-6-5-7-20-19(29)14(2)3/h14-15H,4-13H2,1-3H3,(H,20,29)(H,23,24)(H,25,26)(H,27,28). The van der Waals surface area contributed by atoms with Crippen LogP contribution in [0.5, 0.6) is 0 Å². The summed E-state index contributed by atoms with van der Waals surface area (Å²) in [5.41, 5.74) is 0. The van der Waals surface area contributed by atoms with Gasteiger partial charge >= 0.3 is 17.9 Å². The number of hydrogen-bond acceptors (Lipinski definition) is 7. The highest BCUT2D eigenvalue weighted by Gasteiger charge is 2.26. The summed E-state index contributed by atoms with van der Waals surface area (Å²) in [5.74, 6) is -3.48. The van der Waals surface area contributed by atoms with Crippen LogP contribution < -0.4 is 5.32 Å². The molecule has 0 radical (unpaired) electrons. The molecular formula is C19H35N3O8. The van der Waals surface area contributed by atoms with Crippen molar-refractivity contribution in [2.45, 2.75) is 39.7 Å². The van der Waals surface area contributed by atoms with E-state index in [0.29, 0.717) is 32.5 Å². The molecule has 0 heterocycles. The molecule has 0 saturated heterocycles. The maximum absolute atomic E-state index is 11.5. The molecule has 0 rings (SSSR count). The number of nitrogens with one attached hydrogen (secondary N) is 1. The van der Waals surface area contributed by atoms with Gasteiger partial charge in [-0.2, -0.15) is 0 Å². The first-order chi connectivity index (χ1) is 14.1. The van der Waals surface area contributed by atoms with E-state index in [4.69, 9.17) is 20.1 Å². The lowest BCUT2D eigenvalue weighted by molar-refractivity contribution is -0.145. The lowest BCUT2D eigenvalue weighted by Gasteiger charge is -2.32. The maximum Gasteiger partial charge on any atom is 0.317 e. The van der Waals surface area contributed by atoms with Crippen LogP contribution in [0.4, 0.5) is 0 Å². The molecule has 0 aliphatic rings. The van der Waals surface area contributed by atoms with Crippen LogP contribution in [0.3, 0.4) is 0 Å². The van der Waals surface area contributed by atoms with Crippen LogP contribution in [0.1, 0.15) is 33.6 Å². The van der Waals surface area contributed by atoms with Crippen LogP contribution in [0, 0.1) is 5.92 Å². The van der Waals surface area contributed by atoms with Gasteiger partial charge in [0, 0.05) is 31.7 Å². The van der Waals surface area contributed by atoms with Gasteiger partial charge in [0.15, 0.2) is 0 Å². The van der Waals surface area contributed by atoms with Crippen LogP contribution in [0.2, 0.25) is 0 Å². The predicted molar refractivity (Wildman–Crippen MR) is 108 cm³/mol. The van der Waals surface area contributed by atoms with Gasteiger partial charge < -0.3 is 25.4 Å². The number of carboxylic acid groups (broad SMARTS) is 3. The number of unbranched alkanes of at least 4 members (excludes halogenated alkanes) is 1. The minimum atomic E-state index is -1.18. The minimum absolute atomic E-state index is 0.0212. The van der Waals surface area contributed by atoms with Crippen molar-refractivity contribution in [3.63, 3.8) is 0 Å². The number of hydrogen-bond donors (Lipinski definition) is 4. The lowest BCUT2D eigenvalue weighted by atomic mass is 10.2. The number of rotatable bonds is 18. The Labute approximate surface area is 177 Å². The molecule has 11 nitrogen and oxygen atoms in total. The van der Waals surface area contributed by atoms with Crippen molar-refractivity contribution in [3.8, 4) is 0 Å². The molecule has 0 aliphatic carbocycles. The Morgan fingerprint density at radius 3 is 1.97 bits per heavy atom. The van der Waals surface area contributed by atoms with Gasteiger partial charge in [0.25, 0.3) is 0 Å². The number of ether oxygens (including phenoxy) is 1. The largest absolute Gasteiger partial charge is 0.480 e. The highest BCUT2D eigenvalue weighted by molar-refractivity contribution is 5.77. The van der Waals surface area contributed by atoms with Gasteiger partial charge in [-0.3, -0.25) is 29.0 Å². The van der Waals surface area contributed by atoms with Crippen molar-refractivity contribution in [2.24, 2.45) is 5.92 Å². The van der Waals surface area contributed by atoms with Crippen molar-refractivity contribution >= 4 is 23.8 Å². The van der Waals surface area contributed by atoms with Crippen molar-refractivity contribution in [1.82, 2.24) is 15.1 Å². The fourth-order valence-corrected chi connectivity index (χ4v) is 2.69. The van der Waals surface area contributed by atoms with Gasteiger partial charge in [-0.15, -0.1) is 0 Å². The Balaban J connectivity index is 4.77. The van der Waals surface area contributed by atoms with Crippen LogP contribution in [0.15, 0.2) is 0 Å². The van der Waals surface area contributed by atoms with Gasteiger partial charge in [0.05, 0.1) is 26.2 Å². The zero-order chi connectivity index (χ0) is 23.1. The number of nitrogens with zero attached hydrogens (tertiary/aromatic N) is 2. The first-order valence-corrected chi connectivity index (χ1v) is 10.0. The average Bonchev–Trinajstić information content (AvgIpc) is 2.63. The number of aliphatic carboxylic acids is 3. The Hall–Kier alpha value is -2.24. The molecule has 1 unspecified atom stereocenters. The lowest BCUT2D eigenvalue weighted by Crippen LogP contribution is -2.51. The SMILES string of the molecule is CCN(CC(=O)O)CC(COCCCCNC(=O)C(C)C)N(CC(=O)O)CC(=O)O. The van der Waals surface area contributed by atoms with Crippen LogP contribution in [0.25, 0.3) is 0 Å². The Morgan fingerprint density at radius 2 is 1.50 bits per heavy atom. The van der Waals surface area contributed by atoms with Crippen LogP contribution in [-0.4, -0.2) is 107 Å². The first-order valence-electron chi connectivity index (χ1n) is 10.0. The topological polar surface area (TPSA) is 157 Å². The van der Waals surface area contributed by atoms with Crippen LogP contribution >= 0.6 is 0 Å². The van der Waals surface area contributed by atoms with E-state index in [1.807, 2.05) is 13.8 Å². The molecule has 30 heavy (non-hydrogen) atoms. The van der Waals surface area contributed by atoms with Crippen molar-refractivity contribution in [3.05, 3.63) is 0 Å². The van der Waals surface area contributed by atoms with Crippen molar-refractivity contribution < 1.29 is 39.2 Å². The summed E-state index contributed by atoms with van der Waals surface area (Å²) in [6.45, 7) is 5.67. The number of carbonyl (C=O) groups is 4. The second kappa shape index (κ2) is 15.6. The number of likely N-dealkylation sites (N-methyl/N-ethyl adjacent to an activating group) is 1. The van der Waals surface area contributed by atoms with E-state index < -0.39 is 37.0 Å². The molecule has 0 spiro atoms. The summed E-state index contributed by atoms with van der Waals surface area (Å²) < 4.78 is 5.63. The first kappa shape index (κ1) is 27.8. The maximum atomic E-state index is 11.5. The third-order valence-electron chi connectivity index (χ3n) is 4.32. The summed E-state index contributed by atoms with van der Waals surface area (Å²) >= 11 is 0. The molecule has 0 aromatic rings. The highest BCUT2D eigenvalue weighted by atomic mass is 16.5. The van der Waals surface area contributed by atoms with Gasteiger partial charge in [-0.05, 0) is 19.4 Å². The summed E-state index contributed by atoms with van der Waals surface area (Å²) in [7, 11) is 0. The van der Waals surface area contributed by atoms with Crippen molar-refractivity contribution in [2.75, 3.05) is 52.5 Å². The zero-order valence-corrected chi connectivity index (χ0v) is 18.0. The summed E-state index contributed by atoms with van der Waals surface area (Å²) in [5, 5.41) is 30.1. The van der Waals surface area contributed by atoms with E-state index in [9.17, 15) is 19.2 Å². The molecule has 0 saturated carbocycles. The van der Waals surface area contributed by atoms with Gasteiger partial charge in [0.2, 0.25) is 5.91 Å². The summed E-state index contributed by atoms with van der Waals surface area (Å²) in [4.78, 5) is 47.7. The third kappa shape index (κ3) is 13.9. The number of amides is 1. The molecule has 0 bridgehead atoms. The third-order valence-corrected chi connectivity index (χ3v) is 4.32. The zero-order valence-electron chi connectivity index (χ0n) is 18.0. The van der Waals surface area contributed by atoms with Crippen molar-refractivity contribution in [1.29, 1.82) is 0 Å². The number of carboxylic acids is 3. The van der Waals surface area contributed by atoms with Gasteiger partial charge in [-0.1, -0.05) is 20.8 Å². The van der Waals surface area contributed by atoms with E-state index >= 15 is 0 Å². The summed E-state index contributed by atoms with van der Waals surface area (Å²) in [6, 6.07) is -0.600. The minimum Gasteiger partial charge on any atom is -0.480 e. The smallest absolute Gasteiger partial charge is 0.317 e. The number of carbonyl (C=O) groups excluding carboxylic acids is 1. The normalized spacial score (nSPS) is 12.3.